The van der Waals surface area contributed by atoms with Crippen LogP contribution >= 0.6 is 0 Å². The first-order chi connectivity index (χ1) is 9.61. The highest BCUT2D eigenvalue weighted by Crippen LogP contribution is 2.22. The first kappa shape index (κ1) is 12.7. The highest BCUT2D eigenvalue weighted by atomic mass is 19.1. The minimum atomic E-state index is -1.00. The van der Waals surface area contributed by atoms with Crippen LogP contribution in [-0.2, 0) is 0 Å². The number of anilines is 1. The van der Waals surface area contributed by atoms with E-state index in [0.717, 1.165) is 29.7 Å². The lowest BCUT2D eigenvalue weighted by Crippen LogP contribution is -2.36. The van der Waals surface area contributed by atoms with E-state index >= 15 is 0 Å². The molecular formula is C14H14FN3O2. The van der Waals surface area contributed by atoms with Gasteiger partial charge in [-0.1, -0.05) is 0 Å². The molecule has 1 aromatic heterocycles. The van der Waals surface area contributed by atoms with Gasteiger partial charge in [0.15, 0.2) is 0 Å². The van der Waals surface area contributed by atoms with Gasteiger partial charge >= 0.3 is 6.09 Å². The third-order valence-corrected chi connectivity index (χ3v) is 3.48. The second kappa shape index (κ2) is 4.96. The van der Waals surface area contributed by atoms with Crippen LogP contribution in [0.2, 0.25) is 0 Å². The fourth-order valence-electron chi connectivity index (χ4n) is 2.52. The van der Waals surface area contributed by atoms with Crippen LogP contribution in [0.3, 0.4) is 0 Å². The maximum Gasteiger partial charge on any atom is 0.404 e. The molecule has 0 radical (unpaired) electrons. The normalized spacial score (nSPS) is 18.4. The lowest BCUT2D eigenvalue weighted by Gasteiger charge is -2.17. The topological polar surface area (TPSA) is 65.5 Å². The van der Waals surface area contributed by atoms with Crippen LogP contribution in [0.15, 0.2) is 30.3 Å². The Morgan fingerprint density at radius 1 is 1.40 bits per heavy atom. The molecule has 1 aliphatic rings. The fraction of sp³-hybridized carbons (Fsp3) is 0.286. The van der Waals surface area contributed by atoms with Crippen molar-refractivity contribution in [1.29, 1.82) is 0 Å². The zero-order valence-corrected chi connectivity index (χ0v) is 10.7. The maximum absolute atomic E-state index is 13.1. The van der Waals surface area contributed by atoms with Crippen molar-refractivity contribution in [2.24, 2.45) is 0 Å². The third-order valence-electron chi connectivity index (χ3n) is 3.48. The lowest BCUT2D eigenvalue weighted by molar-refractivity contribution is 0.191. The molecule has 0 bridgehead atoms. The quantitative estimate of drug-likeness (QED) is 0.882. The molecule has 5 nitrogen and oxygen atoms in total. The number of fused-ring (bicyclic) bond motifs is 1. The molecule has 3 rings (SSSR count). The van der Waals surface area contributed by atoms with Crippen molar-refractivity contribution in [3.63, 3.8) is 0 Å². The van der Waals surface area contributed by atoms with Gasteiger partial charge in [0.1, 0.15) is 11.6 Å². The maximum atomic E-state index is 13.1. The smallest absolute Gasteiger partial charge is 0.404 e. The van der Waals surface area contributed by atoms with Crippen molar-refractivity contribution >= 4 is 22.8 Å². The van der Waals surface area contributed by atoms with Crippen molar-refractivity contribution in [3.8, 4) is 0 Å². The number of aromatic nitrogens is 1. The van der Waals surface area contributed by atoms with E-state index in [1.807, 2.05) is 17.0 Å². The molecule has 2 N–H and O–H groups in total. The monoisotopic (exact) mass is 275 g/mol. The molecule has 104 valence electrons. The van der Waals surface area contributed by atoms with Gasteiger partial charge in [0.2, 0.25) is 0 Å². The molecule has 1 saturated heterocycles. The van der Waals surface area contributed by atoms with E-state index in [9.17, 15) is 9.18 Å². The Hall–Kier alpha value is -2.37. The van der Waals surface area contributed by atoms with Crippen LogP contribution in [0.5, 0.6) is 0 Å². The Balaban J connectivity index is 1.81. The summed E-state index contributed by atoms with van der Waals surface area (Å²) >= 11 is 0. The molecule has 20 heavy (non-hydrogen) atoms. The van der Waals surface area contributed by atoms with Crippen LogP contribution < -0.4 is 10.2 Å². The summed E-state index contributed by atoms with van der Waals surface area (Å²) in [6.07, 6.45) is -0.242. The number of benzene rings is 1. The molecule has 1 fully saturated rings. The van der Waals surface area contributed by atoms with Gasteiger partial charge in [0.05, 0.1) is 11.6 Å². The van der Waals surface area contributed by atoms with E-state index in [1.54, 1.807) is 6.07 Å². The highest BCUT2D eigenvalue weighted by molar-refractivity contribution is 5.80. The van der Waals surface area contributed by atoms with Gasteiger partial charge in [-0.15, -0.1) is 0 Å². The van der Waals surface area contributed by atoms with Gasteiger partial charge in [-0.3, -0.25) is 0 Å². The Bertz CT molecular complexity index is 662. The predicted octanol–water partition coefficient (Wildman–Crippen LogP) is 2.22. The van der Waals surface area contributed by atoms with Crippen LogP contribution in [0.25, 0.3) is 10.9 Å². The summed E-state index contributed by atoms with van der Waals surface area (Å²) in [5, 5.41) is 12.0. The molecule has 1 aliphatic heterocycles. The lowest BCUT2D eigenvalue weighted by atomic mass is 10.2. The van der Waals surface area contributed by atoms with Crippen molar-refractivity contribution in [2.75, 3.05) is 18.0 Å². The SMILES string of the molecule is O=C(O)NC1CCN(c2ccc3cc(F)ccc3n2)C1. The van der Waals surface area contributed by atoms with Crippen LogP contribution in [-0.4, -0.2) is 35.3 Å². The molecule has 1 aromatic carbocycles. The average Bonchev–Trinajstić information content (AvgIpc) is 2.85. The van der Waals surface area contributed by atoms with E-state index < -0.39 is 6.09 Å². The molecule has 2 aromatic rings. The summed E-state index contributed by atoms with van der Waals surface area (Å²) in [5.41, 5.74) is 0.735. The zero-order valence-electron chi connectivity index (χ0n) is 10.7. The zero-order chi connectivity index (χ0) is 14.1. The van der Waals surface area contributed by atoms with Crippen LogP contribution in [0.1, 0.15) is 6.42 Å². The van der Waals surface area contributed by atoms with Crippen LogP contribution in [0, 0.1) is 5.82 Å². The third kappa shape index (κ3) is 2.49. The van der Waals surface area contributed by atoms with Crippen molar-refractivity contribution in [1.82, 2.24) is 10.3 Å². The fourth-order valence-corrected chi connectivity index (χ4v) is 2.52. The second-order valence-electron chi connectivity index (χ2n) is 4.89. The van der Waals surface area contributed by atoms with Gasteiger partial charge in [-0.25, -0.2) is 14.2 Å². The average molecular weight is 275 g/mol. The van der Waals surface area contributed by atoms with E-state index in [0.29, 0.717) is 6.54 Å². The van der Waals surface area contributed by atoms with Gasteiger partial charge in [0, 0.05) is 18.5 Å². The van der Waals surface area contributed by atoms with Crippen molar-refractivity contribution in [2.45, 2.75) is 12.5 Å². The predicted molar refractivity (Wildman–Crippen MR) is 73.5 cm³/mol. The first-order valence-electron chi connectivity index (χ1n) is 6.42. The molecule has 1 atom stereocenters. The minimum Gasteiger partial charge on any atom is -0.465 e. The molecule has 6 heteroatoms. The summed E-state index contributed by atoms with van der Waals surface area (Å²) in [6, 6.07) is 8.09. The number of carbonyl (C=O) groups is 1. The largest absolute Gasteiger partial charge is 0.465 e. The van der Waals surface area contributed by atoms with Gasteiger partial charge < -0.3 is 15.3 Å². The number of amides is 1. The van der Waals surface area contributed by atoms with E-state index in [1.165, 1.54) is 12.1 Å². The van der Waals surface area contributed by atoms with Crippen LogP contribution in [0.4, 0.5) is 15.0 Å². The van der Waals surface area contributed by atoms with E-state index in [-0.39, 0.29) is 11.9 Å². The number of hydrogen-bond donors (Lipinski definition) is 2. The number of halogens is 1. The number of nitrogens with one attached hydrogen (secondary N) is 1. The Morgan fingerprint density at radius 3 is 3.05 bits per heavy atom. The van der Waals surface area contributed by atoms with E-state index in [4.69, 9.17) is 5.11 Å². The number of rotatable bonds is 2. The summed E-state index contributed by atoms with van der Waals surface area (Å²) in [4.78, 5) is 17.2. The Kier molecular flexibility index (Phi) is 3.14. The summed E-state index contributed by atoms with van der Waals surface area (Å²) in [6.45, 7) is 1.36. The number of hydrogen-bond acceptors (Lipinski definition) is 3. The second-order valence-corrected chi connectivity index (χ2v) is 4.89. The summed E-state index contributed by atoms with van der Waals surface area (Å²) in [5.74, 6) is 0.512. The Morgan fingerprint density at radius 2 is 2.25 bits per heavy atom. The van der Waals surface area contributed by atoms with Gasteiger partial charge in [-0.05, 0) is 36.8 Å². The van der Waals surface area contributed by atoms with Gasteiger partial charge in [0.25, 0.3) is 0 Å². The number of nitrogens with zero attached hydrogens (tertiary/aromatic N) is 2. The van der Waals surface area contributed by atoms with Crippen molar-refractivity contribution < 1.29 is 14.3 Å². The number of pyridine rings is 1. The number of carboxylic acid groups (broad SMARTS) is 1. The van der Waals surface area contributed by atoms with Gasteiger partial charge in [-0.2, -0.15) is 0 Å². The summed E-state index contributed by atoms with van der Waals surface area (Å²) < 4.78 is 13.1. The minimum absolute atomic E-state index is 0.0711. The molecule has 0 spiro atoms. The summed E-state index contributed by atoms with van der Waals surface area (Å²) in [7, 11) is 0. The standard InChI is InChI=1S/C14H14FN3O2/c15-10-2-3-12-9(7-10)1-4-13(17-12)18-6-5-11(8-18)16-14(19)20/h1-4,7,11,16H,5-6,8H2,(H,19,20). The first-order valence-corrected chi connectivity index (χ1v) is 6.42. The van der Waals surface area contributed by atoms with E-state index in [2.05, 4.69) is 10.3 Å². The molecule has 2 heterocycles. The molecular weight excluding hydrogens is 261 g/mol. The van der Waals surface area contributed by atoms with Crippen molar-refractivity contribution in [3.05, 3.63) is 36.1 Å². The molecule has 1 amide bonds. The molecule has 1 unspecified atom stereocenters. The molecule has 0 aliphatic carbocycles. The highest BCUT2D eigenvalue weighted by Gasteiger charge is 2.24. The Labute approximate surface area is 115 Å². The molecule has 0 saturated carbocycles.